The minimum atomic E-state index is -2.02. The van der Waals surface area contributed by atoms with E-state index >= 15 is 9.59 Å². The highest BCUT2D eigenvalue weighted by Crippen LogP contribution is 2.57. The Morgan fingerprint density at radius 1 is 0.766 bits per heavy atom. The smallest absolute Gasteiger partial charge is 0.333 e. The van der Waals surface area contributed by atoms with Crippen LogP contribution in [0.1, 0.15) is 97.3 Å². The van der Waals surface area contributed by atoms with E-state index in [-0.39, 0.29) is 71.8 Å². The van der Waals surface area contributed by atoms with Crippen LogP contribution in [0.5, 0.6) is 11.5 Å². The third kappa shape index (κ3) is 8.90. The number of benzene rings is 2. The number of rotatable bonds is 18. The molecule has 3 unspecified atom stereocenters. The first-order valence-corrected chi connectivity index (χ1v) is 27.9. The number of carboxylic acid groups (broad SMARTS) is 2. The number of fused-ring (bicyclic) bond motifs is 2. The van der Waals surface area contributed by atoms with Gasteiger partial charge in [0.05, 0.1) is 65.1 Å². The number of methoxy groups -OCH3 is 2. The fraction of sp³-hybridized carbons (Fsp3) is 0.463. The molecule has 2 aromatic carbocycles. The van der Waals surface area contributed by atoms with Gasteiger partial charge in [-0.3, -0.25) is 18.7 Å². The van der Waals surface area contributed by atoms with Crippen LogP contribution in [0.15, 0.2) is 82.3 Å². The largest absolute Gasteiger partial charge is 0.496 e. The zero-order chi connectivity index (χ0) is 54.1. The molecule has 2 aliphatic heterocycles. The molecular formula is C54H56BrN5O15S2. The lowest BCUT2D eigenvalue weighted by atomic mass is 9.76. The molecular weight excluding hydrogens is 1100 g/mol. The molecule has 2 saturated heterocycles. The molecule has 7 heterocycles. The fourth-order valence-corrected chi connectivity index (χ4v) is 14.4. The predicted molar refractivity (Wildman–Crippen MR) is 287 cm³/mol. The summed E-state index contributed by atoms with van der Waals surface area (Å²) in [5.41, 5.74) is -4.26. The van der Waals surface area contributed by atoms with Crippen LogP contribution in [0.3, 0.4) is 0 Å². The van der Waals surface area contributed by atoms with Gasteiger partial charge in [0.1, 0.15) is 45.2 Å². The van der Waals surface area contributed by atoms with Gasteiger partial charge in [-0.05, 0) is 110 Å². The first-order chi connectivity index (χ1) is 37.1. The number of thiophene rings is 2. The van der Waals surface area contributed by atoms with E-state index in [1.165, 1.54) is 40.0 Å². The number of para-hydroxylation sites is 1. The van der Waals surface area contributed by atoms with E-state index in [1.807, 2.05) is 18.2 Å². The minimum absolute atomic E-state index is 0.0759. The molecule has 0 radical (unpaired) electrons. The summed E-state index contributed by atoms with van der Waals surface area (Å²) in [5.74, 6) is -2.53. The second-order valence-corrected chi connectivity index (χ2v) is 23.4. The summed E-state index contributed by atoms with van der Waals surface area (Å²) in [7, 11) is 3.00. The average molecular weight is 1160 g/mol. The maximum absolute atomic E-state index is 15.3. The van der Waals surface area contributed by atoms with Gasteiger partial charge < -0.3 is 43.1 Å². The van der Waals surface area contributed by atoms with Crippen molar-refractivity contribution >= 4 is 71.0 Å². The molecule has 4 atom stereocenters. The Balaban J connectivity index is 1.02. The first-order valence-electron chi connectivity index (χ1n) is 25.5. The van der Waals surface area contributed by atoms with Gasteiger partial charge in [-0.25, -0.2) is 33.3 Å². The number of hydrogen-bond donors (Lipinski definition) is 2. The average Bonchev–Trinajstić information content (AvgIpc) is 3.81. The van der Waals surface area contributed by atoms with Crippen LogP contribution >= 0.6 is 38.6 Å². The third-order valence-corrected chi connectivity index (χ3v) is 19.4. The van der Waals surface area contributed by atoms with Crippen molar-refractivity contribution in [1.29, 1.82) is 0 Å². The summed E-state index contributed by atoms with van der Waals surface area (Å²) in [5, 5.41) is 22.3. The van der Waals surface area contributed by atoms with Crippen LogP contribution in [0, 0.1) is 13.8 Å². The lowest BCUT2D eigenvalue weighted by molar-refractivity contribution is -0.153. The summed E-state index contributed by atoms with van der Waals surface area (Å²) in [6, 6.07) is 12.5. The van der Waals surface area contributed by atoms with Crippen molar-refractivity contribution in [3.63, 3.8) is 0 Å². The molecule has 2 N–H and O–H groups in total. The van der Waals surface area contributed by atoms with Gasteiger partial charge in [0.25, 0.3) is 11.1 Å². The number of carbonyl (C=O) groups is 2. The van der Waals surface area contributed by atoms with Gasteiger partial charge in [-0.2, -0.15) is 0 Å². The lowest BCUT2D eigenvalue weighted by Crippen LogP contribution is -2.59. The van der Waals surface area contributed by atoms with Gasteiger partial charge in [0.15, 0.2) is 5.54 Å². The zero-order valence-corrected chi connectivity index (χ0v) is 45.8. The van der Waals surface area contributed by atoms with Gasteiger partial charge in [0.2, 0.25) is 5.89 Å². The Kier molecular flexibility index (Phi) is 14.3. The number of oxazole rings is 1. The molecule has 20 nitrogen and oxygen atoms in total. The van der Waals surface area contributed by atoms with Crippen molar-refractivity contribution in [3.8, 4) is 22.3 Å². The fourth-order valence-electron chi connectivity index (χ4n) is 11.5. The normalized spacial score (nSPS) is 20.5. The van der Waals surface area contributed by atoms with Crippen LogP contribution in [-0.4, -0.2) is 98.3 Å². The highest BCUT2D eigenvalue weighted by Gasteiger charge is 2.65. The third-order valence-electron chi connectivity index (χ3n) is 15.9. The molecule has 11 rings (SSSR count). The maximum Gasteiger partial charge on any atom is 0.333 e. The van der Waals surface area contributed by atoms with Crippen molar-refractivity contribution in [2.24, 2.45) is 0 Å². The van der Waals surface area contributed by atoms with Crippen LogP contribution in [0.4, 0.5) is 0 Å². The molecule has 23 heteroatoms. The van der Waals surface area contributed by atoms with Gasteiger partial charge in [-0.15, -0.1) is 22.7 Å². The quantitative estimate of drug-likeness (QED) is 0.0839. The molecule has 406 valence electrons. The van der Waals surface area contributed by atoms with Crippen LogP contribution in [0.25, 0.3) is 31.2 Å². The SMILES string of the molecule is COc1cc(C2CC2(C(=O)O)n2c(=O)c3c(C)c(Br)sc3n(C[C@H](OC3CCOCC3)c3ccccc3OC)c2=O)ccc1C(Cn1c(=O)n(C2(C(=O)O)CCC2)c(=O)c2c(C)c(-c3ncco3)sc21)OC1CCOCC1. The monoisotopic (exact) mass is 1160 g/mol. The highest BCUT2D eigenvalue weighted by molar-refractivity contribution is 9.11. The lowest BCUT2D eigenvalue weighted by Gasteiger charge is -2.38. The number of aromatic nitrogens is 5. The van der Waals surface area contributed by atoms with Gasteiger partial charge >= 0.3 is 23.3 Å². The highest BCUT2D eigenvalue weighted by atomic mass is 79.9. The molecule has 2 aliphatic carbocycles. The summed E-state index contributed by atoms with van der Waals surface area (Å²) < 4.78 is 47.7. The Bertz CT molecular complexity index is 3690. The molecule has 0 bridgehead atoms. The van der Waals surface area contributed by atoms with Gasteiger partial charge in [0, 0.05) is 43.5 Å². The van der Waals surface area contributed by atoms with Crippen molar-refractivity contribution in [1.82, 2.24) is 23.3 Å². The Morgan fingerprint density at radius 2 is 1.34 bits per heavy atom. The predicted octanol–water partition coefficient (Wildman–Crippen LogP) is 7.62. The number of aryl methyl sites for hydroxylation is 2. The number of hydrogen-bond acceptors (Lipinski definition) is 16. The Labute approximate surface area is 455 Å². The molecule has 2 saturated carbocycles. The molecule has 4 fully saturated rings. The number of nitrogens with zero attached hydrogens (tertiary/aromatic N) is 5. The van der Waals surface area contributed by atoms with E-state index in [2.05, 4.69) is 20.9 Å². The van der Waals surface area contributed by atoms with Crippen molar-refractivity contribution in [2.45, 2.75) is 120 Å². The van der Waals surface area contributed by atoms with E-state index in [9.17, 15) is 29.4 Å². The Morgan fingerprint density at radius 3 is 1.90 bits per heavy atom. The molecule has 0 amide bonds. The van der Waals surface area contributed by atoms with Crippen LogP contribution in [0.2, 0.25) is 0 Å². The molecule has 5 aromatic heterocycles. The number of aliphatic carboxylic acids is 2. The minimum Gasteiger partial charge on any atom is -0.496 e. The molecule has 77 heavy (non-hydrogen) atoms. The summed E-state index contributed by atoms with van der Waals surface area (Å²) >= 11 is 5.94. The number of ether oxygens (including phenoxy) is 6. The molecule has 0 spiro atoms. The van der Waals surface area contributed by atoms with E-state index in [4.69, 9.17) is 32.8 Å². The zero-order valence-electron chi connectivity index (χ0n) is 42.6. The summed E-state index contributed by atoms with van der Waals surface area (Å²) in [6.07, 6.45) is 3.44. The summed E-state index contributed by atoms with van der Waals surface area (Å²) in [4.78, 5) is 92.3. The molecule has 7 aromatic rings. The van der Waals surface area contributed by atoms with Gasteiger partial charge in [-0.1, -0.05) is 30.3 Å². The topological polar surface area (TPSA) is 244 Å². The van der Waals surface area contributed by atoms with E-state index in [0.29, 0.717) is 106 Å². The van der Waals surface area contributed by atoms with Crippen LogP contribution < -0.4 is 32.0 Å². The second-order valence-electron chi connectivity index (χ2n) is 20.1. The van der Waals surface area contributed by atoms with Crippen molar-refractivity contribution in [2.75, 3.05) is 40.6 Å². The van der Waals surface area contributed by atoms with E-state index < -0.39 is 63.6 Å². The standard InChI is InChI=1S/C54H56BrN5O15S2/c1-28-40-45(61)59(53(49(63)64)16-7-17-53)51(67)57(47(40)76-42(28)44-56-18-23-73-44)27-39(75-32-14-21-72-22-15-32)34-11-10-30(24-37(34)70-4)35-25-54(35,50(65)66)60-46(62)41-29(2)43(55)77-48(41)58(52(60)68)26-38(74-31-12-19-71-20-13-31)33-8-5-6-9-36(33)69-3/h5-6,8-11,18,23-24,31-32,35,38-39H,7,12-17,19-22,25-27H2,1-4H3,(H,63,64)(H,65,66)/t35?,38-,39?,54?/m0/s1. The first kappa shape index (κ1) is 52.8. The van der Waals surface area contributed by atoms with E-state index in [0.717, 1.165) is 20.5 Å². The maximum atomic E-state index is 15.3. The van der Waals surface area contributed by atoms with Crippen molar-refractivity contribution < 1.29 is 52.6 Å². The number of carboxylic acids is 2. The Hall–Kier alpha value is -6.21. The van der Waals surface area contributed by atoms with Crippen LogP contribution in [-0.2, 0) is 52.7 Å². The number of halogens is 1. The second kappa shape index (κ2) is 20.9. The summed E-state index contributed by atoms with van der Waals surface area (Å²) in [6.45, 7) is 5.03. The van der Waals surface area contributed by atoms with Crippen molar-refractivity contribution in [3.05, 3.63) is 128 Å². The van der Waals surface area contributed by atoms with E-state index in [1.54, 1.807) is 45.2 Å². The molecule has 4 aliphatic rings.